The van der Waals surface area contributed by atoms with Crippen LogP contribution in [0.1, 0.15) is 12.5 Å². The zero-order chi connectivity index (χ0) is 21.2. The Morgan fingerprint density at radius 2 is 1.62 bits per heavy atom. The molecule has 0 N–H and O–H groups in total. The highest BCUT2D eigenvalue weighted by Gasteiger charge is 2.31. The number of benzene rings is 2. The molecule has 0 aliphatic carbocycles. The molecule has 1 heterocycles. The summed E-state index contributed by atoms with van der Waals surface area (Å²) in [5, 5.41) is 0. The Bertz CT molecular complexity index is 1070. The third-order valence-electron chi connectivity index (χ3n) is 4.54. The van der Waals surface area contributed by atoms with E-state index in [0.29, 0.717) is 17.6 Å². The SMILES string of the molecule is CCn1c(=O)n(CC(=O)N(C)Cc2ccc(OC(F)(F)F)cc2)c2ccccc21. The molecular formula is C20H20F3N3O3. The largest absolute Gasteiger partial charge is 0.573 e. The Balaban J connectivity index is 1.73. The summed E-state index contributed by atoms with van der Waals surface area (Å²) in [6, 6.07) is 12.6. The van der Waals surface area contributed by atoms with E-state index in [2.05, 4.69) is 4.74 Å². The number of alkyl halides is 3. The van der Waals surface area contributed by atoms with Crippen LogP contribution in [-0.2, 0) is 24.4 Å². The Labute approximate surface area is 164 Å². The zero-order valence-electron chi connectivity index (χ0n) is 15.9. The number of para-hydroxylation sites is 2. The van der Waals surface area contributed by atoms with E-state index < -0.39 is 6.36 Å². The van der Waals surface area contributed by atoms with Crippen molar-refractivity contribution in [2.24, 2.45) is 0 Å². The van der Waals surface area contributed by atoms with Crippen molar-refractivity contribution in [3.8, 4) is 5.75 Å². The molecule has 29 heavy (non-hydrogen) atoms. The van der Waals surface area contributed by atoms with Gasteiger partial charge in [0.1, 0.15) is 12.3 Å². The topological polar surface area (TPSA) is 56.5 Å². The molecule has 2 aromatic carbocycles. The Hall–Kier alpha value is -3.23. The van der Waals surface area contributed by atoms with Gasteiger partial charge in [-0.2, -0.15) is 0 Å². The lowest BCUT2D eigenvalue weighted by Gasteiger charge is -2.18. The second kappa shape index (κ2) is 8.02. The van der Waals surface area contributed by atoms with Gasteiger partial charge in [0.15, 0.2) is 0 Å². The Kier molecular flexibility index (Phi) is 5.67. The predicted molar refractivity (Wildman–Crippen MR) is 101 cm³/mol. The van der Waals surface area contributed by atoms with Crippen molar-refractivity contribution in [1.82, 2.24) is 14.0 Å². The fourth-order valence-corrected chi connectivity index (χ4v) is 3.15. The molecule has 0 fully saturated rings. The molecule has 9 heteroatoms. The highest BCUT2D eigenvalue weighted by Crippen LogP contribution is 2.23. The standard InChI is InChI=1S/C20H20F3N3O3/c1-3-25-16-6-4-5-7-17(16)26(19(25)28)13-18(27)24(2)12-14-8-10-15(11-9-14)29-20(21,22)23/h4-11H,3,12-13H2,1-2H3. The first-order valence-electron chi connectivity index (χ1n) is 8.96. The number of halogens is 3. The quantitative estimate of drug-likeness (QED) is 0.630. The van der Waals surface area contributed by atoms with Gasteiger partial charge in [-0.25, -0.2) is 4.79 Å². The highest BCUT2D eigenvalue weighted by atomic mass is 19.4. The van der Waals surface area contributed by atoms with Crippen LogP contribution in [0.4, 0.5) is 13.2 Å². The normalized spacial score (nSPS) is 11.6. The second-order valence-electron chi connectivity index (χ2n) is 6.54. The van der Waals surface area contributed by atoms with Gasteiger partial charge in [0, 0.05) is 20.1 Å². The summed E-state index contributed by atoms with van der Waals surface area (Å²) in [6.45, 7) is 2.41. The fraction of sp³-hybridized carbons (Fsp3) is 0.300. The number of hydrogen-bond acceptors (Lipinski definition) is 3. The maximum atomic E-state index is 12.6. The first-order chi connectivity index (χ1) is 13.7. The molecule has 1 aromatic heterocycles. The number of rotatable bonds is 6. The summed E-state index contributed by atoms with van der Waals surface area (Å²) in [4.78, 5) is 26.7. The van der Waals surface area contributed by atoms with Crippen LogP contribution in [0.25, 0.3) is 11.0 Å². The van der Waals surface area contributed by atoms with Gasteiger partial charge in [-0.1, -0.05) is 24.3 Å². The lowest BCUT2D eigenvalue weighted by atomic mass is 10.2. The maximum absolute atomic E-state index is 12.6. The van der Waals surface area contributed by atoms with E-state index in [1.807, 2.05) is 19.1 Å². The minimum atomic E-state index is -4.75. The number of nitrogens with zero attached hydrogens (tertiary/aromatic N) is 3. The minimum absolute atomic E-state index is 0.127. The minimum Gasteiger partial charge on any atom is -0.406 e. The zero-order valence-corrected chi connectivity index (χ0v) is 15.9. The van der Waals surface area contributed by atoms with E-state index >= 15 is 0 Å². The van der Waals surface area contributed by atoms with Crippen molar-refractivity contribution in [3.63, 3.8) is 0 Å². The van der Waals surface area contributed by atoms with Crippen molar-refractivity contribution >= 4 is 16.9 Å². The van der Waals surface area contributed by atoms with Gasteiger partial charge < -0.3 is 9.64 Å². The van der Waals surface area contributed by atoms with E-state index in [-0.39, 0.29) is 30.4 Å². The average Bonchev–Trinajstić information content (AvgIpc) is 2.93. The van der Waals surface area contributed by atoms with Crippen LogP contribution in [0.3, 0.4) is 0 Å². The summed E-state index contributed by atoms with van der Waals surface area (Å²) in [6.07, 6.45) is -4.75. The summed E-state index contributed by atoms with van der Waals surface area (Å²) in [5.74, 6) is -0.615. The van der Waals surface area contributed by atoms with Crippen LogP contribution >= 0.6 is 0 Å². The van der Waals surface area contributed by atoms with Crippen molar-refractivity contribution in [3.05, 3.63) is 64.6 Å². The van der Waals surface area contributed by atoms with Crippen molar-refractivity contribution in [2.75, 3.05) is 7.05 Å². The summed E-state index contributed by atoms with van der Waals surface area (Å²) >= 11 is 0. The molecule has 0 radical (unpaired) electrons. The van der Waals surface area contributed by atoms with Crippen molar-refractivity contribution in [2.45, 2.75) is 32.9 Å². The van der Waals surface area contributed by atoms with Crippen molar-refractivity contribution in [1.29, 1.82) is 0 Å². The molecule has 3 rings (SSSR count). The molecule has 0 aliphatic heterocycles. The number of ether oxygens (including phenoxy) is 1. The number of carbonyl (C=O) groups is 1. The molecule has 0 saturated carbocycles. The average molecular weight is 407 g/mol. The molecule has 3 aromatic rings. The number of fused-ring (bicyclic) bond motifs is 1. The van der Waals surface area contributed by atoms with Gasteiger partial charge in [-0.15, -0.1) is 13.2 Å². The third kappa shape index (κ3) is 4.61. The first kappa shape index (κ1) is 20.5. The second-order valence-corrected chi connectivity index (χ2v) is 6.54. The van der Waals surface area contributed by atoms with E-state index in [0.717, 1.165) is 5.52 Å². The van der Waals surface area contributed by atoms with Crippen LogP contribution in [0.5, 0.6) is 5.75 Å². The number of aryl methyl sites for hydroxylation is 1. The number of hydrogen-bond donors (Lipinski definition) is 0. The lowest BCUT2D eigenvalue weighted by Crippen LogP contribution is -2.34. The summed E-state index contributed by atoms with van der Waals surface area (Å²) in [7, 11) is 1.58. The highest BCUT2D eigenvalue weighted by molar-refractivity contribution is 5.80. The monoisotopic (exact) mass is 407 g/mol. The number of amides is 1. The van der Waals surface area contributed by atoms with Crippen LogP contribution in [0.15, 0.2) is 53.3 Å². The lowest BCUT2D eigenvalue weighted by molar-refractivity contribution is -0.274. The smallest absolute Gasteiger partial charge is 0.406 e. The number of carbonyl (C=O) groups excluding carboxylic acids is 1. The van der Waals surface area contributed by atoms with Gasteiger partial charge in [0.05, 0.1) is 11.0 Å². The van der Waals surface area contributed by atoms with Gasteiger partial charge in [0.25, 0.3) is 0 Å². The fourth-order valence-electron chi connectivity index (χ4n) is 3.15. The van der Waals surface area contributed by atoms with E-state index in [1.54, 1.807) is 23.7 Å². The van der Waals surface area contributed by atoms with Crippen LogP contribution in [0, 0.1) is 0 Å². The van der Waals surface area contributed by atoms with Gasteiger partial charge in [-0.05, 0) is 36.8 Å². The molecule has 6 nitrogen and oxygen atoms in total. The van der Waals surface area contributed by atoms with Crippen molar-refractivity contribution < 1.29 is 22.7 Å². The maximum Gasteiger partial charge on any atom is 0.573 e. The molecule has 0 aliphatic rings. The van der Waals surface area contributed by atoms with E-state index in [4.69, 9.17) is 0 Å². The van der Waals surface area contributed by atoms with Crippen LogP contribution < -0.4 is 10.4 Å². The van der Waals surface area contributed by atoms with Gasteiger partial charge >= 0.3 is 12.1 Å². The van der Waals surface area contributed by atoms with Crippen LogP contribution in [-0.4, -0.2) is 33.4 Å². The molecule has 0 saturated heterocycles. The molecule has 154 valence electrons. The summed E-state index contributed by atoms with van der Waals surface area (Å²) < 4.78 is 43.6. The molecule has 0 atom stereocenters. The molecule has 0 bridgehead atoms. The molecule has 0 spiro atoms. The van der Waals surface area contributed by atoms with Gasteiger partial charge in [-0.3, -0.25) is 13.9 Å². The first-order valence-corrected chi connectivity index (χ1v) is 8.96. The van der Waals surface area contributed by atoms with E-state index in [9.17, 15) is 22.8 Å². The Morgan fingerprint density at radius 3 is 2.17 bits per heavy atom. The van der Waals surface area contributed by atoms with Crippen LogP contribution in [0.2, 0.25) is 0 Å². The third-order valence-corrected chi connectivity index (χ3v) is 4.54. The molecule has 1 amide bonds. The number of likely N-dealkylation sites (N-methyl/N-ethyl adjacent to an activating group) is 1. The number of imidazole rings is 1. The molecule has 0 unspecified atom stereocenters. The van der Waals surface area contributed by atoms with Gasteiger partial charge in [0.2, 0.25) is 5.91 Å². The number of aromatic nitrogens is 2. The predicted octanol–water partition coefficient (Wildman–Crippen LogP) is 3.38. The Morgan fingerprint density at radius 1 is 1.03 bits per heavy atom. The summed E-state index contributed by atoms with van der Waals surface area (Å²) in [5.41, 5.74) is 1.81. The van der Waals surface area contributed by atoms with E-state index in [1.165, 1.54) is 33.7 Å². The molecular weight excluding hydrogens is 387 g/mol.